The first-order valence-corrected chi connectivity index (χ1v) is 9.14. The van der Waals surface area contributed by atoms with Gasteiger partial charge in [0.2, 0.25) is 5.88 Å². The van der Waals surface area contributed by atoms with E-state index in [2.05, 4.69) is 47.5 Å². The number of allylic oxidation sites excluding steroid dienone is 3. The van der Waals surface area contributed by atoms with Gasteiger partial charge in [-0.05, 0) is 41.5 Å². The van der Waals surface area contributed by atoms with Gasteiger partial charge >= 0.3 is 0 Å². The Morgan fingerprint density at radius 2 is 1.70 bits per heavy atom. The lowest BCUT2D eigenvalue weighted by atomic mass is 9.84. The van der Waals surface area contributed by atoms with Gasteiger partial charge in [-0.25, -0.2) is 0 Å². The summed E-state index contributed by atoms with van der Waals surface area (Å²) in [6.07, 6.45) is 6.94. The summed E-state index contributed by atoms with van der Waals surface area (Å²) in [6, 6.07) is 22.6. The van der Waals surface area contributed by atoms with Gasteiger partial charge in [0.25, 0.3) is 0 Å². The minimum atomic E-state index is -0.0265. The van der Waals surface area contributed by atoms with Crippen LogP contribution in [0.25, 0.3) is 17.2 Å². The molecule has 0 unspecified atom stereocenters. The van der Waals surface area contributed by atoms with E-state index in [0.29, 0.717) is 5.56 Å². The molecule has 0 saturated carbocycles. The molecule has 1 aromatic heterocycles. The second-order valence-electron chi connectivity index (χ2n) is 6.67. The average Bonchev–Trinajstić information content (AvgIpc) is 3.05. The monoisotopic (exact) mass is 352 g/mol. The van der Waals surface area contributed by atoms with E-state index in [1.807, 2.05) is 36.4 Å². The van der Waals surface area contributed by atoms with E-state index in [1.54, 1.807) is 0 Å². The van der Waals surface area contributed by atoms with Crippen LogP contribution >= 0.6 is 0 Å². The standard InChI is InChI=1S/C24H20N2O/c25-16-21-23-20(12-7-13-22(23)26-24(21)27)19(18-10-5-2-6-11-18)15-14-17-8-3-1-4-9-17/h1-6,8-11,14-15,26-27H,7,12-13H2/b15-14+,20-19+. The Hall–Kier alpha value is -3.51. The molecule has 0 radical (unpaired) electrons. The number of nitrogens with zero attached hydrogens (tertiary/aromatic N) is 1. The molecule has 0 saturated heterocycles. The van der Waals surface area contributed by atoms with E-state index >= 15 is 0 Å². The number of H-pyrrole nitrogens is 1. The summed E-state index contributed by atoms with van der Waals surface area (Å²) >= 11 is 0. The first-order chi connectivity index (χ1) is 13.3. The van der Waals surface area contributed by atoms with Crippen LogP contribution in [0.1, 0.15) is 40.8 Å². The third-order valence-electron chi connectivity index (χ3n) is 4.98. The maximum absolute atomic E-state index is 10.2. The molecule has 132 valence electrons. The summed E-state index contributed by atoms with van der Waals surface area (Å²) in [5, 5.41) is 19.7. The molecular formula is C24H20N2O. The normalized spacial score (nSPS) is 15.4. The molecule has 1 aliphatic rings. The lowest BCUT2D eigenvalue weighted by molar-refractivity contribution is 0.454. The minimum absolute atomic E-state index is 0.0265. The van der Waals surface area contributed by atoms with Gasteiger partial charge in [-0.1, -0.05) is 72.8 Å². The highest BCUT2D eigenvalue weighted by molar-refractivity contribution is 5.99. The minimum Gasteiger partial charge on any atom is -0.494 e. The van der Waals surface area contributed by atoms with Gasteiger partial charge in [0.15, 0.2) is 0 Å². The number of aryl methyl sites for hydroxylation is 1. The predicted octanol–water partition coefficient (Wildman–Crippen LogP) is 5.55. The first-order valence-electron chi connectivity index (χ1n) is 9.14. The fourth-order valence-electron chi connectivity index (χ4n) is 3.74. The third-order valence-corrected chi connectivity index (χ3v) is 4.98. The number of benzene rings is 2. The zero-order chi connectivity index (χ0) is 18.6. The molecule has 1 aliphatic carbocycles. The smallest absolute Gasteiger partial charge is 0.207 e. The number of aromatic hydroxyl groups is 1. The van der Waals surface area contributed by atoms with Gasteiger partial charge in [-0.3, -0.25) is 0 Å². The molecule has 4 rings (SSSR count). The number of rotatable bonds is 3. The van der Waals surface area contributed by atoms with Crippen molar-refractivity contribution in [3.8, 4) is 11.9 Å². The van der Waals surface area contributed by atoms with Gasteiger partial charge in [-0.2, -0.15) is 5.26 Å². The largest absolute Gasteiger partial charge is 0.494 e. The van der Waals surface area contributed by atoms with Crippen LogP contribution in [0.15, 0.2) is 66.7 Å². The Morgan fingerprint density at radius 3 is 2.41 bits per heavy atom. The van der Waals surface area contributed by atoms with Crippen LogP contribution in [0.2, 0.25) is 0 Å². The van der Waals surface area contributed by atoms with E-state index in [0.717, 1.165) is 52.8 Å². The van der Waals surface area contributed by atoms with Gasteiger partial charge in [-0.15, -0.1) is 0 Å². The SMILES string of the molecule is N#Cc1c(O)[nH]c2c1/C(=C(\C=C\c1ccccc1)c1ccccc1)CCC2. The number of nitriles is 1. The maximum atomic E-state index is 10.2. The quantitative estimate of drug-likeness (QED) is 0.649. The second-order valence-corrected chi connectivity index (χ2v) is 6.67. The number of aromatic amines is 1. The molecule has 1 heterocycles. The number of fused-ring (bicyclic) bond motifs is 1. The average molecular weight is 352 g/mol. The maximum Gasteiger partial charge on any atom is 0.207 e. The van der Waals surface area contributed by atoms with E-state index in [-0.39, 0.29) is 5.88 Å². The van der Waals surface area contributed by atoms with Crippen LogP contribution in [0, 0.1) is 11.3 Å². The van der Waals surface area contributed by atoms with Crippen molar-refractivity contribution in [2.24, 2.45) is 0 Å². The van der Waals surface area contributed by atoms with Crippen LogP contribution in [0.4, 0.5) is 0 Å². The Balaban J connectivity index is 1.92. The fourth-order valence-corrected chi connectivity index (χ4v) is 3.74. The zero-order valence-corrected chi connectivity index (χ0v) is 14.9. The van der Waals surface area contributed by atoms with E-state index in [4.69, 9.17) is 0 Å². The van der Waals surface area contributed by atoms with Crippen LogP contribution in [-0.4, -0.2) is 10.1 Å². The van der Waals surface area contributed by atoms with Crippen molar-refractivity contribution in [3.63, 3.8) is 0 Å². The summed E-state index contributed by atoms with van der Waals surface area (Å²) in [5.41, 5.74) is 6.61. The lowest BCUT2D eigenvalue weighted by Crippen LogP contribution is -2.03. The van der Waals surface area contributed by atoms with Crippen molar-refractivity contribution >= 4 is 17.2 Å². The molecule has 0 amide bonds. The first kappa shape index (κ1) is 16.9. The van der Waals surface area contributed by atoms with Crippen molar-refractivity contribution in [3.05, 3.63) is 94.7 Å². The highest BCUT2D eigenvalue weighted by Gasteiger charge is 2.25. The van der Waals surface area contributed by atoms with Crippen LogP contribution in [-0.2, 0) is 6.42 Å². The van der Waals surface area contributed by atoms with Gasteiger partial charge in [0, 0.05) is 11.3 Å². The van der Waals surface area contributed by atoms with E-state index in [1.165, 1.54) is 0 Å². The highest BCUT2D eigenvalue weighted by Crippen LogP contribution is 2.41. The fraction of sp³-hybridized carbons (Fsp3) is 0.125. The molecule has 2 N–H and O–H groups in total. The van der Waals surface area contributed by atoms with Crippen molar-refractivity contribution in [2.45, 2.75) is 19.3 Å². The predicted molar refractivity (Wildman–Crippen MR) is 109 cm³/mol. The molecule has 0 atom stereocenters. The van der Waals surface area contributed by atoms with Crippen molar-refractivity contribution < 1.29 is 5.11 Å². The van der Waals surface area contributed by atoms with E-state index < -0.39 is 0 Å². The summed E-state index contributed by atoms with van der Waals surface area (Å²) in [7, 11) is 0. The van der Waals surface area contributed by atoms with E-state index in [9.17, 15) is 10.4 Å². The Bertz CT molecular complexity index is 1050. The van der Waals surface area contributed by atoms with Crippen LogP contribution < -0.4 is 0 Å². The molecule has 3 heteroatoms. The topological polar surface area (TPSA) is 59.8 Å². The number of aromatic nitrogens is 1. The van der Waals surface area contributed by atoms with Crippen molar-refractivity contribution in [1.82, 2.24) is 4.98 Å². The van der Waals surface area contributed by atoms with Crippen molar-refractivity contribution in [1.29, 1.82) is 5.26 Å². The summed E-state index contributed by atoms with van der Waals surface area (Å²) in [6.45, 7) is 0. The lowest BCUT2D eigenvalue weighted by Gasteiger charge is -2.19. The molecular weight excluding hydrogens is 332 g/mol. The molecule has 0 aliphatic heterocycles. The molecule has 3 aromatic rings. The zero-order valence-electron chi connectivity index (χ0n) is 14.9. The molecule has 2 aromatic carbocycles. The molecule has 0 bridgehead atoms. The summed E-state index contributed by atoms with van der Waals surface area (Å²) in [4.78, 5) is 3.00. The second kappa shape index (κ2) is 7.39. The van der Waals surface area contributed by atoms with Gasteiger partial charge in [0.1, 0.15) is 11.6 Å². The van der Waals surface area contributed by atoms with Gasteiger partial charge < -0.3 is 10.1 Å². The Morgan fingerprint density at radius 1 is 1.00 bits per heavy atom. The number of hydrogen-bond donors (Lipinski definition) is 2. The summed E-state index contributed by atoms with van der Waals surface area (Å²) in [5.74, 6) is -0.0265. The highest BCUT2D eigenvalue weighted by atomic mass is 16.3. The Kier molecular flexibility index (Phi) is 4.63. The molecule has 0 fully saturated rings. The number of hydrogen-bond acceptors (Lipinski definition) is 2. The van der Waals surface area contributed by atoms with Crippen molar-refractivity contribution in [2.75, 3.05) is 0 Å². The van der Waals surface area contributed by atoms with Crippen LogP contribution in [0.3, 0.4) is 0 Å². The number of nitrogens with one attached hydrogen (secondary N) is 1. The van der Waals surface area contributed by atoms with Crippen LogP contribution in [0.5, 0.6) is 5.88 Å². The molecule has 0 spiro atoms. The molecule has 3 nitrogen and oxygen atoms in total. The Labute approximate surface area is 158 Å². The third kappa shape index (κ3) is 3.30. The molecule has 27 heavy (non-hydrogen) atoms. The summed E-state index contributed by atoms with van der Waals surface area (Å²) < 4.78 is 0. The van der Waals surface area contributed by atoms with Gasteiger partial charge in [0.05, 0.1) is 0 Å².